The molecule has 0 aliphatic heterocycles. The van der Waals surface area contributed by atoms with Crippen molar-refractivity contribution in [3.05, 3.63) is 108 Å². The Labute approximate surface area is 225 Å². The third-order valence-electron chi connectivity index (χ3n) is 6.19. The van der Waals surface area contributed by atoms with Crippen LogP contribution >= 0.6 is 0 Å². The Bertz CT molecular complexity index is 1090. The zero-order valence-electron chi connectivity index (χ0n) is 23.2. The number of aryl methyl sites for hydroxylation is 1. The van der Waals surface area contributed by atoms with Crippen LogP contribution in [0.4, 0.5) is 0 Å². The number of rotatable bonds is 17. The number of carbonyl (C=O) groups excluding carboxylic acids is 1. The highest BCUT2D eigenvalue weighted by Crippen LogP contribution is 2.20. The van der Waals surface area contributed by atoms with E-state index in [4.69, 9.17) is 0 Å². The molecule has 0 aliphatic rings. The van der Waals surface area contributed by atoms with Crippen LogP contribution in [-0.4, -0.2) is 29.4 Å². The van der Waals surface area contributed by atoms with Gasteiger partial charge in [-0.15, -0.1) is 0 Å². The van der Waals surface area contributed by atoms with Gasteiger partial charge in [-0.2, -0.15) is 0 Å². The summed E-state index contributed by atoms with van der Waals surface area (Å²) in [7, 11) is 1.91. The lowest BCUT2D eigenvalue weighted by Gasteiger charge is -2.16. The zero-order valence-corrected chi connectivity index (χ0v) is 23.2. The maximum absolute atomic E-state index is 12.5. The van der Waals surface area contributed by atoms with E-state index in [0.29, 0.717) is 6.42 Å². The van der Waals surface area contributed by atoms with Crippen LogP contribution in [0, 0.1) is 6.92 Å². The summed E-state index contributed by atoms with van der Waals surface area (Å²) in [6.07, 6.45) is 36.7. The molecule has 2 rings (SSSR count). The molecule has 0 saturated carbocycles. The van der Waals surface area contributed by atoms with Gasteiger partial charge in [0.1, 0.15) is 0 Å². The quantitative estimate of drug-likeness (QED) is 0.217. The minimum absolute atomic E-state index is 0.204. The minimum Gasteiger partial charge on any atom is -0.361 e. The molecule has 0 spiro atoms. The molecule has 1 aromatic heterocycles. The van der Waals surface area contributed by atoms with Crippen molar-refractivity contribution in [1.29, 1.82) is 0 Å². The lowest BCUT2D eigenvalue weighted by molar-refractivity contribution is -0.129. The Hall–Kier alpha value is -3.33. The van der Waals surface area contributed by atoms with Gasteiger partial charge in [-0.25, -0.2) is 0 Å². The average Bonchev–Trinajstić information content (AvgIpc) is 3.30. The monoisotopic (exact) mass is 498 g/mol. The van der Waals surface area contributed by atoms with Crippen LogP contribution in [0.2, 0.25) is 0 Å². The van der Waals surface area contributed by atoms with E-state index in [1.54, 1.807) is 0 Å². The number of aromatic nitrogens is 1. The summed E-state index contributed by atoms with van der Waals surface area (Å²) in [6.45, 7) is 5.01. The van der Waals surface area contributed by atoms with Crippen molar-refractivity contribution in [2.24, 2.45) is 0 Å². The second-order valence-electron chi connectivity index (χ2n) is 9.38. The number of allylic oxidation sites excluding steroid dienone is 12. The van der Waals surface area contributed by atoms with Crippen molar-refractivity contribution in [2.45, 2.75) is 71.6 Å². The summed E-state index contributed by atoms with van der Waals surface area (Å²) in [5, 5.41) is 1.26. The number of nitrogens with one attached hydrogen (secondary N) is 1. The van der Waals surface area contributed by atoms with E-state index >= 15 is 0 Å². The van der Waals surface area contributed by atoms with E-state index in [1.807, 2.05) is 11.9 Å². The molecule has 0 unspecified atom stereocenters. The molecule has 0 saturated heterocycles. The van der Waals surface area contributed by atoms with Gasteiger partial charge in [0.15, 0.2) is 0 Å². The van der Waals surface area contributed by atoms with E-state index in [1.165, 1.54) is 16.5 Å². The third kappa shape index (κ3) is 13.0. The minimum atomic E-state index is 0.204. The molecule has 1 N–H and O–H groups in total. The van der Waals surface area contributed by atoms with Crippen LogP contribution in [0.3, 0.4) is 0 Å². The lowest BCUT2D eigenvalue weighted by atomic mass is 10.1. The number of likely N-dealkylation sites (N-methyl/N-ethyl adjacent to an activating group) is 1. The van der Waals surface area contributed by atoms with E-state index < -0.39 is 0 Å². The summed E-state index contributed by atoms with van der Waals surface area (Å²) in [5.74, 6) is 0.204. The van der Waals surface area contributed by atoms with Crippen LogP contribution in [0.25, 0.3) is 10.9 Å². The first-order valence-electron chi connectivity index (χ1n) is 13.8. The number of aromatic amines is 1. The maximum atomic E-state index is 12.5. The van der Waals surface area contributed by atoms with Crippen molar-refractivity contribution >= 4 is 16.8 Å². The van der Waals surface area contributed by atoms with E-state index in [-0.39, 0.29) is 5.91 Å². The van der Waals surface area contributed by atoms with Crippen LogP contribution in [-0.2, 0) is 11.2 Å². The molecule has 2 aromatic rings. The molecular weight excluding hydrogens is 452 g/mol. The molecule has 1 heterocycles. The van der Waals surface area contributed by atoms with Crippen molar-refractivity contribution in [3.63, 3.8) is 0 Å². The van der Waals surface area contributed by atoms with Crippen LogP contribution < -0.4 is 0 Å². The first kappa shape index (κ1) is 29.9. The van der Waals surface area contributed by atoms with Gasteiger partial charge < -0.3 is 9.88 Å². The first-order valence-corrected chi connectivity index (χ1v) is 13.8. The number of H-pyrrole nitrogens is 1. The molecule has 1 amide bonds. The molecule has 0 bridgehead atoms. The smallest absolute Gasteiger partial charge is 0.222 e. The third-order valence-corrected chi connectivity index (χ3v) is 6.19. The van der Waals surface area contributed by atoms with Crippen molar-refractivity contribution in [1.82, 2.24) is 9.88 Å². The van der Waals surface area contributed by atoms with Gasteiger partial charge in [-0.1, -0.05) is 91.5 Å². The number of hydrogen-bond donors (Lipinski definition) is 1. The molecule has 0 aliphatic carbocycles. The molecule has 0 atom stereocenters. The number of hydrogen-bond acceptors (Lipinski definition) is 1. The number of fused-ring (bicyclic) bond motifs is 1. The highest BCUT2D eigenvalue weighted by Gasteiger charge is 2.09. The van der Waals surface area contributed by atoms with E-state index in [2.05, 4.69) is 116 Å². The summed E-state index contributed by atoms with van der Waals surface area (Å²) >= 11 is 0. The maximum Gasteiger partial charge on any atom is 0.222 e. The molecule has 3 nitrogen and oxygen atoms in total. The number of benzene rings is 1. The lowest BCUT2D eigenvalue weighted by Crippen LogP contribution is -2.28. The first-order chi connectivity index (χ1) is 18.1. The molecule has 198 valence electrons. The number of carbonyl (C=O) groups is 1. The van der Waals surface area contributed by atoms with Gasteiger partial charge >= 0.3 is 0 Å². The average molecular weight is 499 g/mol. The van der Waals surface area contributed by atoms with Crippen molar-refractivity contribution < 1.29 is 4.79 Å². The van der Waals surface area contributed by atoms with Gasteiger partial charge in [0.05, 0.1) is 0 Å². The number of nitrogens with zero attached hydrogens (tertiary/aromatic N) is 1. The highest BCUT2D eigenvalue weighted by molar-refractivity contribution is 5.84. The topological polar surface area (TPSA) is 36.1 Å². The summed E-state index contributed by atoms with van der Waals surface area (Å²) in [4.78, 5) is 17.6. The van der Waals surface area contributed by atoms with Crippen molar-refractivity contribution in [2.75, 3.05) is 13.6 Å². The highest BCUT2D eigenvalue weighted by atomic mass is 16.2. The van der Waals surface area contributed by atoms with Crippen LogP contribution in [0.15, 0.2) is 97.3 Å². The van der Waals surface area contributed by atoms with Crippen LogP contribution in [0.5, 0.6) is 0 Å². The normalized spacial score (nSPS) is 12.7. The molecule has 3 heteroatoms. The zero-order chi connectivity index (χ0) is 26.6. The molecule has 0 radical (unpaired) electrons. The Balaban J connectivity index is 1.51. The van der Waals surface area contributed by atoms with Gasteiger partial charge in [0.25, 0.3) is 0 Å². The Morgan fingerprint density at radius 2 is 1.35 bits per heavy atom. The predicted molar refractivity (Wildman–Crippen MR) is 162 cm³/mol. The second-order valence-corrected chi connectivity index (χ2v) is 9.38. The SMILES string of the molecule is CC/C=C\C/C=C\C/C=C\C/C=C\C/C=C\C/C=C\CCC(=O)N(C)CCc1c[nH]c2ccc(C)cc12. The fraction of sp³-hybridized carbons (Fsp3) is 0.382. The predicted octanol–water partition coefficient (Wildman–Crippen LogP) is 8.96. The van der Waals surface area contributed by atoms with Crippen LogP contribution in [0.1, 0.15) is 69.4 Å². The van der Waals surface area contributed by atoms with E-state index in [0.717, 1.165) is 63.4 Å². The Kier molecular flexibility index (Phi) is 15.2. The van der Waals surface area contributed by atoms with E-state index in [9.17, 15) is 4.79 Å². The Morgan fingerprint density at radius 1 is 0.811 bits per heavy atom. The standard InChI is InChI=1S/C34H46N2O/c1-4-5-6-7-8-9-10-11-12-13-14-15-16-17-18-19-20-21-22-23-34(37)36(3)27-26-31-29-35-33-25-24-30(2)28-32(31)33/h5-6,8-9,11-12,14-15,17-18,20-21,24-25,28-29,35H,4,7,10,13,16,19,22-23,26-27H2,1-3H3/b6-5-,9-8-,12-11-,15-14-,18-17-,21-20-. The second kappa shape index (κ2) is 18.9. The molecule has 1 aromatic carbocycles. The fourth-order valence-corrected chi connectivity index (χ4v) is 3.95. The molecule has 0 fully saturated rings. The largest absolute Gasteiger partial charge is 0.361 e. The van der Waals surface area contributed by atoms with Gasteiger partial charge in [0, 0.05) is 37.1 Å². The molecular formula is C34H46N2O. The van der Waals surface area contributed by atoms with Gasteiger partial charge in [0.2, 0.25) is 5.91 Å². The summed E-state index contributed by atoms with van der Waals surface area (Å²) in [6, 6.07) is 6.45. The number of amides is 1. The van der Waals surface area contributed by atoms with Gasteiger partial charge in [-0.3, -0.25) is 4.79 Å². The summed E-state index contributed by atoms with van der Waals surface area (Å²) < 4.78 is 0. The fourth-order valence-electron chi connectivity index (χ4n) is 3.95. The Morgan fingerprint density at radius 3 is 1.92 bits per heavy atom. The van der Waals surface area contributed by atoms with Gasteiger partial charge in [-0.05, 0) is 76.0 Å². The van der Waals surface area contributed by atoms with Crippen molar-refractivity contribution in [3.8, 4) is 0 Å². The molecule has 37 heavy (non-hydrogen) atoms. The summed E-state index contributed by atoms with van der Waals surface area (Å²) in [5.41, 5.74) is 3.69.